The van der Waals surface area contributed by atoms with Crippen molar-refractivity contribution in [2.45, 2.75) is 26.3 Å². The fourth-order valence-electron chi connectivity index (χ4n) is 2.66. The van der Waals surface area contributed by atoms with E-state index in [9.17, 15) is 4.79 Å². The van der Waals surface area contributed by atoms with Gasteiger partial charge in [0.1, 0.15) is 5.69 Å². The number of nitrogens with zero attached hydrogens (tertiary/aromatic N) is 1. The number of hydrogen-bond donors (Lipinski definition) is 0. The zero-order chi connectivity index (χ0) is 12.7. The molecular weight excluding hydrogens is 250 g/mol. The number of esters is 1. The van der Waals surface area contributed by atoms with Crippen LogP contribution in [-0.4, -0.2) is 17.1 Å². The van der Waals surface area contributed by atoms with E-state index in [2.05, 4.69) is 6.07 Å². The third-order valence-corrected chi connectivity index (χ3v) is 3.73. The number of halogens is 1. The van der Waals surface area contributed by atoms with Gasteiger partial charge in [0.25, 0.3) is 0 Å². The largest absolute Gasteiger partial charge is 0.461 e. The molecule has 0 unspecified atom stereocenters. The summed E-state index contributed by atoms with van der Waals surface area (Å²) in [6, 6.07) is 5.81. The number of rotatable bonds is 2. The quantitative estimate of drug-likeness (QED) is 0.778. The van der Waals surface area contributed by atoms with Crippen LogP contribution in [0.4, 0.5) is 0 Å². The molecule has 0 amide bonds. The molecule has 1 aromatic carbocycles. The zero-order valence-electron chi connectivity index (χ0n) is 10.2. The van der Waals surface area contributed by atoms with Gasteiger partial charge in [0.05, 0.1) is 12.1 Å². The molecule has 0 bridgehead atoms. The molecule has 3 nitrogen and oxygen atoms in total. The molecule has 0 aliphatic carbocycles. The van der Waals surface area contributed by atoms with Gasteiger partial charge in [0, 0.05) is 17.0 Å². The number of benzene rings is 1. The lowest BCUT2D eigenvalue weighted by molar-refractivity contribution is 0.0514. The Morgan fingerprint density at radius 3 is 3.11 bits per heavy atom. The van der Waals surface area contributed by atoms with Crippen molar-refractivity contribution in [2.24, 2.45) is 0 Å². The van der Waals surface area contributed by atoms with Gasteiger partial charge in [-0.3, -0.25) is 0 Å². The first-order chi connectivity index (χ1) is 8.72. The summed E-state index contributed by atoms with van der Waals surface area (Å²) < 4.78 is 7.14. The molecule has 1 aliphatic heterocycles. The number of aryl methyl sites for hydroxylation is 2. The summed E-state index contributed by atoms with van der Waals surface area (Å²) >= 11 is 6.21. The van der Waals surface area contributed by atoms with Crippen molar-refractivity contribution in [1.82, 2.24) is 4.57 Å². The first-order valence-electron chi connectivity index (χ1n) is 6.20. The maximum absolute atomic E-state index is 12.0. The van der Waals surface area contributed by atoms with Crippen molar-refractivity contribution in [3.63, 3.8) is 0 Å². The average Bonchev–Trinajstić information content (AvgIpc) is 2.76. The number of hydrogen-bond acceptors (Lipinski definition) is 2. The van der Waals surface area contributed by atoms with E-state index in [1.165, 1.54) is 5.56 Å². The van der Waals surface area contributed by atoms with Gasteiger partial charge in [-0.05, 0) is 37.5 Å². The van der Waals surface area contributed by atoms with Gasteiger partial charge in [-0.25, -0.2) is 4.79 Å². The molecular formula is C14H14ClNO2. The Bertz CT molecular complexity index is 630. The van der Waals surface area contributed by atoms with E-state index in [1.54, 1.807) is 0 Å². The van der Waals surface area contributed by atoms with Crippen molar-refractivity contribution in [3.05, 3.63) is 34.5 Å². The van der Waals surface area contributed by atoms with Crippen LogP contribution in [0.3, 0.4) is 0 Å². The van der Waals surface area contributed by atoms with Crippen LogP contribution in [0.2, 0.25) is 5.02 Å². The zero-order valence-corrected chi connectivity index (χ0v) is 11.0. The summed E-state index contributed by atoms with van der Waals surface area (Å²) in [5, 5.41) is 1.65. The molecule has 0 spiro atoms. The molecule has 1 aromatic heterocycles. The summed E-state index contributed by atoms with van der Waals surface area (Å²) in [7, 11) is 0. The minimum absolute atomic E-state index is 0.266. The highest BCUT2D eigenvalue weighted by atomic mass is 35.5. The van der Waals surface area contributed by atoms with Crippen LogP contribution in [0.15, 0.2) is 18.2 Å². The molecule has 2 aromatic rings. The Kier molecular flexibility index (Phi) is 2.78. The third kappa shape index (κ3) is 1.62. The molecule has 94 valence electrons. The molecule has 0 fully saturated rings. The van der Waals surface area contributed by atoms with Crippen LogP contribution in [0.1, 0.15) is 29.4 Å². The lowest BCUT2D eigenvalue weighted by Crippen LogP contribution is -2.15. The topological polar surface area (TPSA) is 31.2 Å². The predicted octanol–water partition coefficient (Wildman–Crippen LogP) is 3.42. The lowest BCUT2D eigenvalue weighted by atomic mass is 10.0. The molecule has 0 N–H and O–H groups in total. The highest BCUT2D eigenvalue weighted by Crippen LogP contribution is 2.33. The van der Waals surface area contributed by atoms with Crippen molar-refractivity contribution in [1.29, 1.82) is 0 Å². The molecule has 3 rings (SSSR count). The molecule has 0 radical (unpaired) electrons. The van der Waals surface area contributed by atoms with Crippen LogP contribution < -0.4 is 0 Å². The van der Waals surface area contributed by atoms with Crippen LogP contribution >= 0.6 is 11.6 Å². The molecule has 0 atom stereocenters. The summed E-state index contributed by atoms with van der Waals surface area (Å²) in [5.41, 5.74) is 2.97. The van der Waals surface area contributed by atoms with E-state index in [0.29, 0.717) is 17.3 Å². The van der Waals surface area contributed by atoms with E-state index in [0.717, 1.165) is 30.3 Å². The number of ether oxygens (including phenoxy) is 1. The lowest BCUT2D eigenvalue weighted by Gasteiger charge is -2.17. The van der Waals surface area contributed by atoms with E-state index in [-0.39, 0.29) is 5.97 Å². The second kappa shape index (κ2) is 4.32. The second-order valence-corrected chi connectivity index (χ2v) is 4.88. The fraction of sp³-hybridized carbons (Fsp3) is 0.357. The molecule has 0 saturated carbocycles. The van der Waals surface area contributed by atoms with Gasteiger partial charge in [0.2, 0.25) is 0 Å². The summed E-state index contributed by atoms with van der Waals surface area (Å²) in [6.45, 7) is 3.06. The van der Waals surface area contributed by atoms with Gasteiger partial charge in [0.15, 0.2) is 0 Å². The molecule has 4 heteroatoms. The normalized spacial score (nSPS) is 13.9. The van der Waals surface area contributed by atoms with E-state index >= 15 is 0 Å². The summed E-state index contributed by atoms with van der Waals surface area (Å²) in [5.74, 6) is -0.266. The van der Waals surface area contributed by atoms with E-state index in [1.807, 2.05) is 23.6 Å². The Labute approximate surface area is 110 Å². The first kappa shape index (κ1) is 11.6. The van der Waals surface area contributed by atoms with Crippen LogP contribution in [0, 0.1) is 0 Å². The van der Waals surface area contributed by atoms with Crippen LogP contribution in [-0.2, 0) is 17.7 Å². The minimum atomic E-state index is -0.266. The Morgan fingerprint density at radius 1 is 1.50 bits per heavy atom. The number of carbonyl (C=O) groups excluding carboxylic acids is 1. The maximum atomic E-state index is 12.0. The summed E-state index contributed by atoms with van der Waals surface area (Å²) in [4.78, 5) is 12.0. The third-order valence-electron chi connectivity index (χ3n) is 3.40. The van der Waals surface area contributed by atoms with Gasteiger partial charge >= 0.3 is 5.97 Å². The average molecular weight is 264 g/mol. The monoisotopic (exact) mass is 263 g/mol. The van der Waals surface area contributed by atoms with Gasteiger partial charge < -0.3 is 9.30 Å². The van der Waals surface area contributed by atoms with Crippen LogP contribution in [0.25, 0.3) is 10.9 Å². The van der Waals surface area contributed by atoms with Crippen molar-refractivity contribution < 1.29 is 9.53 Å². The standard InChI is InChI=1S/C14H14ClNO2/c1-2-18-14(17)12-8-10-11(15)6-5-9-4-3-7-16(12)13(9)10/h5-6,8H,2-4,7H2,1H3. The van der Waals surface area contributed by atoms with Crippen molar-refractivity contribution >= 4 is 28.5 Å². The molecule has 18 heavy (non-hydrogen) atoms. The number of aromatic nitrogens is 1. The highest BCUT2D eigenvalue weighted by molar-refractivity contribution is 6.35. The molecule has 1 aliphatic rings. The van der Waals surface area contributed by atoms with Crippen molar-refractivity contribution in [3.8, 4) is 0 Å². The SMILES string of the molecule is CCOC(=O)c1cc2c(Cl)ccc3c2n1CCC3. The Balaban J connectivity index is 2.26. The smallest absolute Gasteiger partial charge is 0.354 e. The van der Waals surface area contributed by atoms with Gasteiger partial charge in [-0.1, -0.05) is 17.7 Å². The van der Waals surface area contributed by atoms with E-state index in [4.69, 9.17) is 16.3 Å². The Hall–Kier alpha value is -1.48. The molecule has 0 saturated heterocycles. The second-order valence-electron chi connectivity index (χ2n) is 4.47. The van der Waals surface area contributed by atoms with Gasteiger partial charge in [-0.2, -0.15) is 0 Å². The van der Waals surface area contributed by atoms with E-state index < -0.39 is 0 Å². The Morgan fingerprint density at radius 2 is 2.33 bits per heavy atom. The first-order valence-corrected chi connectivity index (χ1v) is 6.58. The predicted molar refractivity (Wildman–Crippen MR) is 71.2 cm³/mol. The van der Waals surface area contributed by atoms with Crippen LogP contribution in [0.5, 0.6) is 0 Å². The van der Waals surface area contributed by atoms with Crippen molar-refractivity contribution in [2.75, 3.05) is 6.61 Å². The molecule has 2 heterocycles. The number of carbonyl (C=O) groups is 1. The van der Waals surface area contributed by atoms with Gasteiger partial charge in [-0.15, -0.1) is 0 Å². The maximum Gasteiger partial charge on any atom is 0.354 e. The summed E-state index contributed by atoms with van der Waals surface area (Å²) in [6.07, 6.45) is 2.09. The highest BCUT2D eigenvalue weighted by Gasteiger charge is 2.22. The minimum Gasteiger partial charge on any atom is -0.461 e. The fourth-order valence-corrected chi connectivity index (χ4v) is 2.86.